The molecule has 1 amide bonds. The third-order valence-corrected chi connectivity index (χ3v) is 1.85. The van der Waals surface area contributed by atoms with E-state index in [9.17, 15) is 9.59 Å². The molecule has 0 aliphatic heterocycles. The molecule has 6 heteroatoms. The van der Waals surface area contributed by atoms with Crippen LogP contribution in [-0.2, 0) is 16.0 Å². The fraction of sp³-hybridized carbons (Fsp3) is 0.273. The maximum Gasteiger partial charge on any atom is 0.307 e. The minimum Gasteiger partial charge on any atom is -0.484 e. The maximum atomic E-state index is 10.5. The summed E-state index contributed by atoms with van der Waals surface area (Å²) in [6.45, 7) is 1.61. The summed E-state index contributed by atoms with van der Waals surface area (Å²) in [5.74, 6) is -1.03. The number of nitrogens with two attached hydrogens (primary N) is 1. The fourth-order valence-corrected chi connectivity index (χ4v) is 1.34. The summed E-state index contributed by atoms with van der Waals surface area (Å²) in [5.41, 5.74) is 6.44. The van der Waals surface area contributed by atoms with Crippen LogP contribution in [0, 0.1) is 6.92 Å². The van der Waals surface area contributed by atoms with Gasteiger partial charge in [-0.25, -0.2) is 0 Å². The van der Waals surface area contributed by atoms with E-state index >= 15 is 0 Å². The minimum atomic E-state index is -0.911. The third-order valence-electron chi connectivity index (χ3n) is 1.85. The molecule has 0 spiro atoms. The van der Waals surface area contributed by atoms with E-state index in [1.54, 1.807) is 18.2 Å². The van der Waals surface area contributed by atoms with E-state index < -0.39 is 11.9 Å². The molecule has 0 saturated carbocycles. The number of halogens is 1. The first kappa shape index (κ1) is 15.2. The molecule has 1 rings (SSSR count). The van der Waals surface area contributed by atoms with Gasteiger partial charge in [-0.15, -0.1) is 12.4 Å². The molecule has 5 nitrogen and oxygen atoms in total. The van der Waals surface area contributed by atoms with Crippen LogP contribution in [0.1, 0.15) is 11.1 Å². The minimum absolute atomic E-state index is 0. The van der Waals surface area contributed by atoms with Crippen LogP contribution >= 0.6 is 12.4 Å². The SMILES string of the molecule is Cc1cc(CC(=O)O)cc(OCC(N)=O)c1.Cl. The number of aliphatic carboxylic acids is 1. The van der Waals surface area contributed by atoms with Crippen LogP contribution in [-0.4, -0.2) is 23.6 Å². The molecule has 1 aromatic carbocycles. The lowest BCUT2D eigenvalue weighted by atomic mass is 10.1. The van der Waals surface area contributed by atoms with Gasteiger partial charge in [0.2, 0.25) is 0 Å². The summed E-state index contributed by atoms with van der Waals surface area (Å²) in [6.07, 6.45) is -0.0748. The Kier molecular flexibility index (Phi) is 6.06. The quantitative estimate of drug-likeness (QED) is 0.822. The van der Waals surface area contributed by atoms with Crippen molar-refractivity contribution in [2.24, 2.45) is 5.73 Å². The van der Waals surface area contributed by atoms with Gasteiger partial charge in [0.25, 0.3) is 5.91 Å². The van der Waals surface area contributed by atoms with Gasteiger partial charge in [0.1, 0.15) is 5.75 Å². The molecular weight excluding hydrogens is 246 g/mol. The summed E-state index contributed by atoms with van der Waals surface area (Å²) >= 11 is 0. The number of carbonyl (C=O) groups excluding carboxylic acids is 1. The van der Waals surface area contributed by atoms with Crippen molar-refractivity contribution in [2.75, 3.05) is 6.61 Å². The second-order valence-electron chi connectivity index (χ2n) is 3.48. The Hall–Kier alpha value is -1.75. The first-order valence-electron chi connectivity index (χ1n) is 4.71. The van der Waals surface area contributed by atoms with Crippen LogP contribution < -0.4 is 10.5 Å². The molecule has 1 aromatic rings. The van der Waals surface area contributed by atoms with Gasteiger partial charge in [0.15, 0.2) is 6.61 Å². The number of amides is 1. The number of primary amides is 1. The number of ether oxygens (including phenoxy) is 1. The molecule has 17 heavy (non-hydrogen) atoms. The van der Waals surface area contributed by atoms with Crippen molar-refractivity contribution < 1.29 is 19.4 Å². The van der Waals surface area contributed by atoms with Crippen LogP contribution in [0.25, 0.3) is 0 Å². The largest absolute Gasteiger partial charge is 0.484 e. The Bertz CT molecular complexity index is 420. The molecule has 0 aliphatic rings. The molecule has 0 heterocycles. The van der Waals surface area contributed by atoms with Gasteiger partial charge >= 0.3 is 5.97 Å². The fourth-order valence-electron chi connectivity index (χ4n) is 1.34. The molecular formula is C11H14ClNO4. The van der Waals surface area contributed by atoms with Crippen LogP contribution in [0.15, 0.2) is 18.2 Å². The van der Waals surface area contributed by atoms with E-state index in [0.29, 0.717) is 11.3 Å². The van der Waals surface area contributed by atoms with Crippen molar-refractivity contribution in [3.63, 3.8) is 0 Å². The summed E-state index contributed by atoms with van der Waals surface area (Å²) in [5, 5.41) is 8.65. The molecule has 0 saturated heterocycles. The topological polar surface area (TPSA) is 89.6 Å². The highest BCUT2D eigenvalue weighted by atomic mass is 35.5. The van der Waals surface area contributed by atoms with Crippen molar-refractivity contribution in [1.29, 1.82) is 0 Å². The Morgan fingerprint density at radius 3 is 2.53 bits per heavy atom. The number of carboxylic acid groups (broad SMARTS) is 1. The lowest BCUT2D eigenvalue weighted by Gasteiger charge is -2.07. The number of carboxylic acids is 1. The zero-order valence-electron chi connectivity index (χ0n) is 9.30. The average molecular weight is 260 g/mol. The highest BCUT2D eigenvalue weighted by Gasteiger charge is 2.05. The van der Waals surface area contributed by atoms with Crippen molar-refractivity contribution in [1.82, 2.24) is 0 Å². The van der Waals surface area contributed by atoms with Crippen LogP contribution in [0.3, 0.4) is 0 Å². The van der Waals surface area contributed by atoms with Gasteiger partial charge in [-0.2, -0.15) is 0 Å². The second-order valence-corrected chi connectivity index (χ2v) is 3.48. The normalized spacial score (nSPS) is 9.24. The number of hydrogen-bond donors (Lipinski definition) is 2. The molecule has 3 N–H and O–H groups in total. The van der Waals surface area contributed by atoms with E-state index in [0.717, 1.165) is 5.56 Å². The smallest absolute Gasteiger partial charge is 0.307 e. The van der Waals surface area contributed by atoms with E-state index in [4.69, 9.17) is 15.6 Å². The number of carbonyl (C=O) groups is 2. The molecule has 0 fully saturated rings. The van der Waals surface area contributed by atoms with E-state index in [2.05, 4.69) is 0 Å². The van der Waals surface area contributed by atoms with Gasteiger partial charge in [0.05, 0.1) is 6.42 Å². The summed E-state index contributed by atoms with van der Waals surface area (Å²) in [6, 6.07) is 5.06. The Morgan fingerprint density at radius 1 is 1.35 bits per heavy atom. The highest BCUT2D eigenvalue weighted by Crippen LogP contribution is 2.17. The van der Waals surface area contributed by atoms with Gasteiger partial charge in [-0.05, 0) is 30.2 Å². The molecule has 0 unspecified atom stereocenters. The summed E-state index contributed by atoms with van der Waals surface area (Å²) < 4.78 is 5.10. The van der Waals surface area contributed by atoms with E-state index in [1.807, 2.05) is 6.92 Å². The predicted molar refractivity (Wildman–Crippen MR) is 64.5 cm³/mol. The summed E-state index contributed by atoms with van der Waals surface area (Å²) in [7, 11) is 0. The van der Waals surface area contributed by atoms with Crippen LogP contribution in [0.5, 0.6) is 5.75 Å². The van der Waals surface area contributed by atoms with E-state index in [-0.39, 0.29) is 25.4 Å². The predicted octanol–water partition coefficient (Wildman–Crippen LogP) is 0.908. The average Bonchev–Trinajstić information content (AvgIpc) is 2.12. The van der Waals surface area contributed by atoms with Crippen molar-refractivity contribution >= 4 is 24.3 Å². The Morgan fingerprint density at radius 2 is 2.00 bits per heavy atom. The number of benzene rings is 1. The maximum absolute atomic E-state index is 10.5. The Balaban J connectivity index is 0.00000256. The molecule has 94 valence electrons. The Labute approximate surface area is 105 Å². The highest BCUT2D eigenvalue weighted by molar-refractivity contribution is 5.85. The molecule has 0 atom stereocenters. The van der Waals surface area contributed by atoms with E-state index in [1.165, 1.54) is 0 Å². The first-order chi connectivity index (χ1) is 7.47. The monoisotopic (exact) mass is 259 g/mol. The van der Waals surface area contributed by atoms with Crippen molar-refractivity contribution in [3.8, 4) is 5.75 Å². The number of aryl methyl sites for hydroxylation is 1. The van der Waals surface area contributed by atoms with Gasteiger partial charge in [-0.3, -0.25) is 9.59 Å². The number of hydrogen-bond acceptors (Lipinski definition) is 3. The van der Waals surface area contributed by atoms with Crippen molar-refractivity contribution in [2.45, 2.75) is 13.3 Å². The van der Waals surface area contributed by atoms with Gasteiger partial charge in [-0.1, -0.05) is 6.07 Å². The van der Waals surface area contributed by atoms with Crippen molar-refractivity contribution in [3.05, 3.63) is 29.3 Å². The second kappa shape index (κ2) is 6.75. The standard InChI is InChI=1S/C11H13NO4.ClH/c1-7-2-8(5-11(14)15)4-9(3-7)16-6-10(12)13;/h2-4H,5-6H2,1H3,(H2,12,13)(H,14,15);1H. The zero-order valence-corrected chi connectivity index (χ0v) is 10.1. The van der Waals surface area contributed by atoms with Crippen LogP contribution in [0.4, 0.5) is 0 Å². The van der Waals surface area contributed by atoms with Gasteiger partial charge < -0.3 is 15.6 Å². The van der Waals surface area contributed by atoms with Gasteiger partial charge in [0, 0.05) is 0 Å². The molecule has 0 aliphatic carbocycles. The lowest BCUT2D eigenvalue weighted by molar-refractivity contribution is -0.136. The third kappa shape index (κ3) is 5.77. The molecule has 0 radical (unpaired) electrons. The zero-order chi connectivity index (χ0) is 12.1. The first-order valence-corrected chi connectivity index (χ1v) is 4.71. The molecule has 0 bridgehead atoms. The van der Waals surface area contributed by atoms with Crippen LogP contribution in [0.2, 0.25) is 0 Å². The molecule has 0 aromatic heterocycles. The number of rotatable bonds is 5. The lowest BCUT2D eigenvalue weighted by Crippen LogP contribution is -2.20. The summed E-state index contributed by atoms with van der Waals surface area (Å²) in [4.78, 5) is 21.1.